The van der Waals surface area contributed by atoms with Crippen molar-refractivity contribution in [3.8, 4) is 0 Å². The first-order valence-electron chi connectivity index (χ1n) is 6.87. The van der Waals surface area contributed by atoms with Crippen LogP contribution in [0.4, 0.5) is 5.69 Å². The Hall–Kier alpha value is -1.63. The Morgan fingerprint density at radius 3 is 2.82 bits per heavy atom. The van der Waals surface area contributed by atoms with E-state index in [9.17, 15) is 8.42 Å². The summed E-state index contributed by atoms with van der Waals surface area (Å²) in [7, 11) is -3.56. The molecule has 3 rings (SSSR count). The molecule has 7 heteroatoms. The molecular formula is C15H18ClN3O2S. The molecule has 0 amide bonds. The molecule has 0 aliphatic heterocycles. The topological polar surface area (TPSA) is 85.1 Å². The molecule has 0 fully saturated rings. The van der Waals surface area contributed by atoms with Gasteiger partial charge in [-0.2, -0.15) is 0 Å². The highest BCUT2D eigenvalue weighted by molar-refractivity contribution is 7.89. The number of aryl methyl sites for hydroxylation is 1. The van der Waals surface area contributed by atoms with Crippen molar-refractivity contribution in [3.05, 3.63) is 53.9 Å². The molecule has 3 N–H and O–H groups in total. The van der Waals surface area contributed by atoms with Crippen LogP contribution in [0.25, 0.3) is 0 Å². The van der Waals surface area contributed by atoms with Crippen LogP contribution in [0.3, 0.4) is 0 Å². The number of pyridine rings is 1. The Balaban J connectivity index is 0.00000176. The van der Waals surface area contributed by atoms with Crippen molar-refractivity contribution < 1.29 is 8.42 Å². The summed E-state index contributed by atoms with van der Waals surface area (Å²) in [5, 5.41) is 0. The summed E-state index contributed by atoms with van der Waals surface area (Å²) in [6.07, 6.45) is 5.57. The number of nitrogens with two attached hydrogens (primary N) is 1. The Kier molecular flexibility index (Phi) is 5.05. The molecule has 1 aromatic carbocycles. The zero-order valence-corrected chi connectivity index (χ0v) is 13.5. The molecule has 0 saturated heterocycles. The maximum Gasteiger partial charge on any atom is 0.242 e. The van der Waals surface area contributed by atoms with E-state index in [0.717, 1.165) is 30.4 Å². The Labute approximate surface area is 136 Å². The fourth-order valence-corrected chi connectivity index (χ4v) is 3.93. The van der Waals surface area contributed by atoms with Gasteiger partial charge in [0, 0.05) is 24.1 Å². The molecule has 1 unspecified atom stereocenters. The smallest absolute Gasteiger partial charge is 0.242 e. The second kappa shape index (κ2) is 6.64. The fourth-order valence-electron chi connectivity index (χ4n) is 2.72. The van der Waals surface area contributed by atoms with Crippen molar-refractivity contribution in [2.75, 3.05) is 5.73 Å². The number of rotatable bonds is 3. The van der Waals surface area contributed by atoms with E-state index in [-0.39, 0.29) is 23.3 Å². The van der Waals surface area contributed by atoms with Gasteiger partial charge in [-0.3, -0.25) is 4.98 Å². The second-order valence-corrected chi connectivity index (χ2v) is 6.93. The highest BCUT2D eigenvalue weighted by atomic mass is 35.5. The lowest BCUT2D eigenvalue weighted by molar-refractivity contribution is 0.507. The van der Waals surface area contributed by atoms with Crippen LogP contribution in [0.15, 0.2) is 47.6 Å². The summed E-state index contributed by atoms with van der Waals surface area (Å²) in [6, 6.07) is 8.61. The monoisotopic (exact) mass is 339 g/mol. The van der Waals surface area contributed by atoms with Gasteiger partial charge in [0.2, 0.25) is 10.0 Å². The molecule has 1 atom stereocenters. The third-order valence-electron chi connectivity index (χ3n) is 3.72. The van der Waals surface area contributed by atoms with Crippen molar-refractivity contribution in [2.24, 2.45) is 0 Å². The predicted molar refractivity (Wildman–Crippen MR) is 88.3 cm³/mol. The van der Waals surface area contributed by atoms with E-state index in [0.29, 0.717) is 5.69 Å². The number of nitrogen functional groups attached to an aromatic ring is 1. The predicted octanol–water partition coefficient (Wildman–Crippen LogP) is 2.44. The van der Waals surface area contributed by atoms with Gasteiger partial charge in [0.1, 0.15) is 4.90 Å². The third kappa shape index (κ3) is 3.40. The first kappa shape index (κ1) is 16.7. The first-order chi connectivity index (χ1) is 10.1. The lowest BCUT2D eigenvalue weighted by Crippen LogP contribution is -2.31. The SMILES string of the molecule is Cl.Nc1ccc2c(c1)CCCC2NS(=O)(=O)c1cccnc1. The van der Waals surface area contributed by atoms with Gasteiger partial charge in [0.25, 0.3) is 0 Å². The van der Waals surface area contributed by atoms with E-state index in [2.05, 4.69) is 9.71 Å². The van der Waals surface area contributed by atoms with E-state index in [1.165, 1.54) is 6.20 Å². The molecule has 0 saturated carbocycles. The Morgan fingerprint density at radius 2 is 2.09 bits per heavy atom. The summed E-state index contributed by atoms with van der Waals surface area (Å²) in [6.45, 7) is 0. The molecule has 0 spiro atoms. The number of aromatic nitrogens is 1. The van der Waals surface area contributed by atoms with Crippen LogP contribution >= 0.6 is 12.4 Å². The van der Waals surface area contributed by atoms with Crippen LogP contribution in [0.1, 0.15) is 30.0 Å². The van der Waals surface area contributed by atoms with Crippen molar-refractivity contribution in [1.82, 2.24) is 9.71 Å². The van der Waals surface area contributed by atoms with Crippen LogP contribution in [0.2, 0.25) is 0 Å². The quantitative estimate of drug-likeness (QED) is 0.841. The lowest BCUT2D eigenvalue weighted by Gasteiger charge is -2.26. The highest BCUT2D eigenvalue weighted by Gasteiger charge is 2.25. The number of hydrogen-bond donors (Lipinski definition) is 2. The number of sulfonamides is 1. The van der Waals surface area contributed by atoms with Gasteiger partial charge >= 0.3 is 0 Å². The van der Waals surface area contributed by atoms with E-state index in [1.807, 2.05) is 18.2 Å². The third-order valence-corrected chi connectivity index (χ3v) is 5.18. The van der Waals surface area contributed by atoms with E-state index in [4.69, 9.17) is 5.73 Å². The maximum atomic E-state index is 12.4. The zero-order chi connectivity index (χ0) is 14.9. The minimum atomic E-state index is -3.56. The number of anilines is 1. The number of halogens is 1. The zero-order valence-electron chi connectivity index (χ0n) is 11.9. The maximum absolute atomic E-state index is 12.4. The van der Waals surface area contributed by atoms with Crippen molar-refractivity contribution >= 4 is 28.1 Å². The number of nitrogens with one attached hydrogen (secondary N) is 1. The van der Waals surface area contributed by atoms with E-state index < -0.39 is 10.0 Å². The molecule has 1 aliphatic carbocycles. The van der Waals surface area contributed by atoms with Crippen LogP contribution in [-0.4, -0.2) is 13.4 Å². The summed E-state index contributed by atoms with van der Waals surface area (Å²) in [5.74, 6) is 0. The van der Waals surface area contributed by atoms with Gasteiger partial charge in [0.05, 0.1) is 0 Å². The summed E-state index contributed by atoms with van der Waals surface area (Å²) in [5.41, 5.74) is 8.65. The Bertz CT molecular complexity index is 751. The largest absolute Gasteiger partial charge is 0.399 e. The molecule has 22 heavy (non-hydrogen) atoms. The molecule has 118 valence electrons. The van der Waals surface area contributed by atoms with Crippen LogP contribution in [0, 0.1) is 0 Å². The summed E-state index contributed by atoms with van der Waals surface area (Å²) >= 11 is 0. The Morgan fingerprint density at radius 1 is 1.27 bits per heavy atom. The van der Waals surface area contributed by atoms with Gasteiger partial charge in [-0.05, 0) is 54.7 Å². The van der Waals surface area contributed by atoms with Crippen LogP contribution in [0.5, 0.6) is 0 Å². The van der Waals surface area contributed by atoms with Crippen LogP contribution < -0.4 is 10.5 Å². The minimum absolute atomic E-state index is 0. The molecule has 1 aromatic heterocycles. The normalized spacial score (nSPS) is 17.4. The average Bonchev–Trinajstić information content (AvgIpc) is 2.48. The van der Waals surface area contributed by atoms with Crippen molar-refractivity contribution in [2.45, 2.75) is 30.2 Å². The fraction of sp³-hybridized carbons (Fsp3) is 0.267. The molecular weight excluding hydrogens is 322 g/mol. The van der Waals surface area contributed by atoms with Crippen molar-refractivity contribution in [1.29, 1.82) is 0 Å². The molecule has 0 bridgehead atoms. The second-order valence-electron chi connectivity index (χ2n) is 5.21. The molecule has 1 aliphatic rings. The number of hydrogen-bond acceptors (Lipinski definition) is 4. The standard InChI is InChI=1S/C15H17N3O2S.ClH/c16-12-6-7-14-11(9-12)3-1-5-15(14)18-21(19,20)13-4-2-8-17-10-13;/h2,4,6-10,15,18H,1,3,5,16H2;1H. The molecule has 1 heterocycles. The van der Waals surface area contributed by atoms with Crippen molar-refractivity contribution in [3.63, 3.8) is 0 Å². The highest BCUT2D eigenvalue weighted by Crippen LogP contribution is 2.32. The summed E-state index contributed by atoms with van der Waals surface area (Å²) in [4.78, 5) is 4.05. The number of fused-ring (bicyclic) bond motifs is 1. The van der Waals surface area contributed by atoms with Crippen LogP contribution in [-0.2, 0) is 16.4 Å². The van der Waals surface area contributed by atoms with Gasteiger partial charge in [-0.1, -0.05) is 6.07 Å². The molecule has 5 nitrogen and oxygen atoms in total. The molecule has 2 aromatic rings. The summed E-state index contributed by atoms with van der Waals surface area (Å²) < 4.78 is 27.6. The number of benzene rings is 1. The first-order valence-corrected chi connectivity index (χ1v) is 8.35. The molecule has 0 radical (unpaired) electrons. The average molecular weight is 340 g/mol. The van der Waals surface area contributed by atoms with Gasteiger partial charge < -0.3 is 5.73 Å². The lowest BCUT2D eigenvalue weighted by atomic mass is 9.88. The van der Waals surface area contributed by atoms with Gasteiger partial charge in [0.15, 0.2) is 0 Å². The number of nitrogens with zero attached hydrogens (tertiary/aromatic N) is 1. The van der Waals surface area contributed by atoms with E-state index >= 15 is 0 Å². The van der Waals surface area contributed by atoms with E-state index in [1.54, 1.807) is 18.3 Å². The van der Waals surface area contributed by atoms with Gasteiger partial charge in [-0.15, -0.1) is 12.4 Å². The minimum Gasteiger partial charge on any atom is -0.399 e. The van der Waals surface area contributed by atoms with Gasteiger partial charge in [-0.25, -0.2) is 13.1 Å².